The number of methoxy groups -OCH3 is 1. The van der Waals surface area contributed by atoms with Crippen molar-refractivity contribution in [3.8, 4) is 0 Å². The van der Waals surface area contributed by atoms with E-state index in [1.165, 1.54) is 0 Å². The minimum Gasteiger partial charge on any atom is -0.390 e. The lowest BCUT2D eigenvalue weighted by atomic mass is 10.1. The van der Waals surface area contributed by atoms with Gasteiger partial charge in [-0.25, -0.2) is 4.68 Å². The molecule has 6 nitrogen and oxygen atoms in total. The third kappa shape index (κ3) is 3.49. The Hall–Kier alpha value is -0.980. The van der Waals surface area contributed by atoms with Crippen LogP contribution >= 0.6 is 0 Å². The average Bonchev–Trinajstić information content (AvgIpc) is 2.79. The SMILES string of the molecule is COCC(O)Cc1cn(C2CCOCC2)nn1. The first-order chi connectivity index (χ1) is 8.29. The summed E-state index contributed by atoms with van der Waals surface area (Å²) in [7, 11) is 1.57. The van der Waals surface area contributed by atoms with Crippen molar-refractivity contribution in [3.63, 3.8) is 0 Å². The monoisotopic (exact) mass is 241 g/mol. The lowest BCUT2D eigenvalue weighted by Gasteiger charge is -2.21. The molecule has 1 N–H and O–H groups in total. The lowest BCUT2D eigenvalue weighted by molar-refractivity contribution is 0.0640. The maximum atomic E-state index is 9.60. The number of aliphatic hydroxyl groups is 1. The number of nitrogens with zero attached hydrogens (tertiary/aromatic N) is 3. The molecule has 1 fully saturated rings. The predicted octanol–water partition coefficient (Wildman–Crippen LogP) is 0.179. The molecular weight excluding hydrogens is 222 g/mol. The normalized spacial score (nSPS) is 19.4. The highest BCUT2D eigenvalue weighted by atomic mass is 16.5. The summed E-state index contributed by atoms with van der Waals surface area (Å²) in [6, 6.07) is 0.379. The van der Waals surface area contributed by atoms with Crippen molar-refractivity contribution in [2.45, 2.75) is 31.4 Å². The van der Waals surface area contributed by atoms with E-state index in [0.717, 1.165) is 31.7 Å². The summed E-state index contributed by atoms with van der Waals surface area (Å²) in [4.78, 5) is 0. The van der Waals surface area contributed by atoms with Gasteiger partial charge in [-0.3, -0.25) is 0 Å². The largest absolute Gasteiger partial charge is 0.390 e. The fourth-order valence-corrected chi connectivity index (χ4v) is 2.03. The van der Waals surface area contributed by atoms with Crippen LogP contribution < -0.4 is 0 Å². The highest BCUT2D eigenvalue weighted by molar-refractivity contribution is 4.96. The van der Waals surface area contributed by atoms with Crippen molar-refractivity contribution in [2.75, 3.05) is 26.9 Å². The van der Waals surface area contributed by atoms with Gasteiger partial charge in [-0.15, -0.1) is 5.10 Å². The van der Waals surface area contributed by atoms with E-state index in [9.17, 15) is 5.11 Å². The first kappa shape index (κ1) is 12.5. The van der Waals surface area contributed by atoms with Gasteiger partial charge >= 0.3 is 0 Å². The van der Waals surface area contributed by atoms with E-state index in [2.05, 4.69) is 10.3 Å². The fraction of sp³-hybridized carbons (Fsp3) is 0.818. The molecule has 1 atom stereocenters. The first-order valence-corrected chi connectivity index (χ1v) is 5.95. The molecule has 1 aromatic heterocycles. The summed E-state index contributed by atoms with van der Waals surface area (Å²) in [5.74, 6) is 0. The van der Waals surface area contributed by atoms with Gasteiger partial charge in [-0.1, -0.05) is 5.21 Å². The Balaban J connectivity index is 1.90. The van der Waals surface area contributed by atoms with E-state index in [4.69, 9.17) is 9.47 Å². The second kappa shape index (κ2) is 6.09. The van der Waals surface area contributed by atoms with Crippen molar-refractivity contribution >= 4 is 0 Å². The molecule has 2 heterocycles. The third-order valence-corrected chi connectivity index (χ3v) is 2.93. The van der Waals surface area contributed by atoms with Crippen molar-refractivity contribution in [2.24, 2.45) is 0 Å². The van der Waals surface area contributed by atoms with Crippen LogP contribution in [0, 0.1) is 0 Å². The second-order valence-electron chi connectivity index (χ2n) is 4.35. The van der Waals surface area contributed by atoms with Crippen LogP contribution in [0.1, 0.15) is 24.6 Å². The van der Waals surface area contributed by atoms with Crippen LogP contribution in [0.5, 0.6) is 0 Å². The van der Waals surface area contributed by atoms with Crippen LogP contribution in [-0.4, -0.2) is 53.1 Å². The quantitative estimate of drug-likeness (QED) is 0.796. The van der Waals surface area contributed by atoms with Gasteiger partial charge in [0, 0.05) is 32.9 Å². The minimum absolute atomic E-state index is 0.324. The maximum Gasteiger partial charge on any atom is 0.0853 e. The van der Waals surface area contributed by atoms with Crippen LogP contribution in [-0.2, 0) is 15.9 Å². The zero-order valence-corrected chi connectivity index (χ0v) is 10.1. The molecule has 1 aliphatic rings. The van der Waals surface area contributed by atoms with Crippen LogP contribution in [0.4, 0.5) is 0 Å². The van der Waals surface area contributed by atoms with Gasteiger partial charge in [0.2, 0.25) is 0 Å². The molecule has 0 saturated carbocycles. The van der Waals surface area contributed by atoms with E-state index in [1.807, 2.05) is 10.9 Å². The number of ether oxygens (including phenoxy) is 2. The second-order valence-corrected chi connectivity index (χ2v) is 4.35. The molecular formula is C11H19N3O3. The van der Waals surface area contributed by atoms with Gasteiger partial charge in [0.15, 0.2) is 0 Å². The summed E-state index contributed by atoms with van der Waals surface area (Å²) in [6.07, 6.45) is 3.83. The minimum atomic E-state index is -0.514. The molecule has 0 aromatic carbocycles. The van der Waals surface area contributed by atoms with E-state index in [1.54, 1.807) is 7.11 Å². The average molecular weight is 241 g/mol. The molecule has 0 amide bonds. The highest BCUT2D eigenvalue weighted by Gasteiger charge is 2.17. The summed E-state index contributed by atoms with van der Waals surface area (Å²) in [5.41, 5.74) is 0.807. The van der Waals surface area contributed by atoms with E-state index < -0.39 is 6.10 Å². The summed E-state index contributed by atoms with van der Waals surface area (Å²) in [5, 5.41) is 17.8. The molecule has 0 radical (unpaired) electrons. The molecule has 1 saturated heterocycles. The van der Waals surface area contributed by atoms with E-state index >= 15 is 0 Å². The number of aromatic nitrogens is 3. The number of rotatable bonds is 5. The molecule has 1 unspecified atom stereocenters. The lowest BCUT2D eigenvalue weighted by Crippen LogP contribution is -2.20. The molecule has 6 heteroatoms. The number of hydrogen-bond acceptors (Lipinski definition) is 5. The number of aliphatic hydroxyl groups excluding tert-OH is 1. The van der Waals surface area contributed by atoms with E-state index in [0.29, 0.717) is 19.1 Å². The molecule has 17 heavy (non-hydrogen) atoms. The van der Waals surface area contributed by atoms with Gasteiger partial charge in [0.05, 0.1) is 24.4 Å². The summed E-state index contributed by atoms with van der Waals surface area (Å²) >= 11 is 0. The van der Waals surface area contributed by atoms with Crippen LogP contribution in [0.15, 0.2) is 6.20 Å². The fourth-order valence-electron chi connectivity index (χ4n) is 2.03. The van der Waals surface area contributed by atoms with Gasteiger partial charge in [-0.2, -0.15) is 0 Å². The molecule has 0 spiro atoms. The predicted molar refractivity (Wildman–Crippen MR) is 60.7 cm³/mol. The van der Waals surface area contributed by atoms with Crippen molar-refractivity contribution in [3.05, 3.63) is 11.9 Å². The zero-order chi connectivity index (χ0) is 12.1. The Kier molecular flexibility index (Phi) is 4.47. The van der Waals surface area contributed by atoms with Crippen molar-refractivity contribution in [1.29, 1.82) is 0 Å². The summed E-state index contributed by atoms with van der Waals surface area (Å²) in [6.45, 7) is 1.89. The molecule has 0 aliphatic carbocycles. The number of hydrogen-bond donors (Lipinski definition) is 1. The molecule has 1 aliphatic heterocycles. The summed E-state index contributed by atoms with van der Waals surface area (Å²) < 4.78 is 12.1. The van der Waals surface area contributed by atoms with E-state index in [-0.39, 0.29) is 0 Å². The maximum absolute atomic E-state index is 9.60. The molecule has 1 aromatic rings. The smallest absolute Gasteiger partial charge is 0.0853 e. The Morgan fingerprint density at radius 3 is 3.06 bits per heavy atom. The Labute approximate surface area is 101 Å². The Morgan fingerprint density at radius 1 is 1.59 bits per heavy atom. The zero-order valence-electron chi connectivity index (χ0n) is 10.1. The first-order valence-electron chi connectivity index (χ1n) is 5.95. The van der Waals surface area contributed by atoms with Gasteiger partial charge in [0.25, 0.3) is 0 Å². The van der Waals surface area contributed by atoms with Gasteiger partial charge in [-0.05, 0) is 12.8 Å². The highest BCUT2D eigenvalue weighted by Crippen LogP contribution is 2.19. The van der Waals surface area contributed by atoms with Crippen LogP contribution in [0.3, 0.4) is 0 Å². The Morgan fingerprint density at radius 2 is 2.35 bits per heavy atom. The standard InChI is InChI=1S/C11H19N3O3/c1-16-8-11(15)6-9-7-14(13-12-9)10-2-4-17-5-3-10/h7,10-11,15H,2-6,8H2,1H3. The molecule has 96 valence electrons. The van der Waals surface area contributed by atoms with Crippen LogP contribution in [0.25, 0.3) is 0 Å². The van der Waals surface area contributed by atoms with Crippen LogP contribution in [0.2, 0.25) is 0 Å². The molecule has 0 bridgehead atoms. The van der Waals surface area contributed by atoms with Gasteiger partial charge < -0.3 is 14.6 Å². The van der Waals surface area contributed by atoms with Gasteiger partial charge in [0.1, 0.15) is 0 Å². The van der Waals surface area contributed by atoms with Crippen molar-refractivity contribution in [1.82, 2.24) is 15.0 Å². The third-order valence-electron chi connectivity index (χ3n) is 2.93. The topological polar surface area (TPSA) is 69.4 Å². The Bertz CT molecular complexity index is 336. The molecule has 2 rings (SSSR count). The van der Waals surface area contributed by atoms with Crippen molar-refractivity contribution < 1.29 is 14.6 Å².